The lowest BCUT2D eigenvalue weighted by molar-refractivity contribution is 0.0468. The molecule has 0 spiro atoms. The molecular weight excluding hydrogens is 339 g/mol. The second-order valence-corrected chi connectivity index (χ2v) is 5.66. The molecule has 2 aromatic carbocycles. The van der Waals surface area contributed by atoms with E-state index in [1.165, 1.54) is 12.1 Å². The number of carbonyl (C=O) groups excluding carboxylic acids is 1. The minimum absolute atomic E-state index is 0.0629. The first kappa shape index (κ1) is 15.6. The minimum Gasteiger partial charge on any atom is -0.457 e. The van der Waals surface area contributed by atoms with Gasteiger partial charge in [0.05, 0.1) is 5.02 Å². The monoisotopic (exact) mass is 348 g/mol. The summed E-state index contributed by atoms with van der Waals surface area (Å²) < 4.78 is 10.2. The van der Waals surface area contributed by atoms with Crippen LogP contribution in [-0.2, 0) is 11.3 Å². The Morgan fingerprint density at radius 1 is 1.09 bits per heavy atom. The fourth-order valence-corrected chi connectivity index (χ4v) is 2.65. The van der Waals surface area contributed by atoms with Crippen molar-refractivity contribution in [3.8, 4) is 0 Å². The van der Waals surface area contributed by atoms with E-state index in [0.717, 1.165) is 5.56 Å². The van der Waals surface area contributed by atoms with Gasteiger partial charge >= 0.3 is 11.6 Å². The fraction of sp³-hybridized carbons (Fsp3) is 0.0588. The zero-order valence-corrected chi connectivity index (χ0v) is 13.2. The van der Waals surface area contributed by atoms with Gasteiger partial charge in [-0.1, -0.05) is 53.5 Å². The van der Waals surface area contributed by atoms with Crippen molar-refractivity contribution in [1.82, 2.24) is 0 Å². The minimum atomic E-state index is -0.806. The van der Waals surface area contributed by atoms with Crippen molar-refractivity contribution < 1.29 is 13.9 Å². The summed E-state index contributed by atoms with van der Waals surface area (Å²) in [5.74, 6) is -0.763. The van der Waals surface area contributed by atoms with E-state index in [1.807, 2.05) is 30.3 Å². The van der Waals surface area contributed by atoms with Crippen molar-refractivity contribution in [1.29, 1.82) is 0 Å². The first-order valence-electron chi connectivity index (χ1n) is 6.68. The summed E-state index contributed by atoms with van der Waals surface area (Å²) >= 11 is 11.9. The molecule has 0 amide bonds. The summed E-state index contributed by atoms with van der Waals surface area (Å²) in [6.07, 6.45) is 0. The van der Waals surface area contributed by atoms with Crippen molar-refractivity contribution in [3.63, 3.8) is 0 Å². The van der Waals surface area contributed by atoms with Crippen LogP contribution in [0, 0.1) is 0 Å². The number of ether oxygens (including phenoxy) is 1. The molecule has 1 aromatic heterocycles. The van der Waals surface area contributed by atoms with Crippen LogP contribution < -0.4 is 5.63 Å². The summed E-state index contributed by atoms with van der Waals surface area (Å²) in [4.78, 5) is 24.1. The van der Waals surface area contributed by atoms with Gasteiger partial charge in [-0.3, -0.25) is 0 Å². The van der Waals surface area contributed by atoms with E-state index in [9.17, 15) is 9.59 Å². The van der Waals surface area contributed by atoms with Gasteiger partial charge in [0, 0.05) is 10.4 Å². The molecule has 3 rings (SSSR count). The molecule has 0 aliphatic rings. The van der Waals surface area contributed by atoms with Crippen molar-refractivity contribution in [3.05, 3.63) is 80.1 Å². The van der Waals surface area contributed by atoms with Crippen LogP contribution in [0.5, 0.6) is 0 Å². The summed E-state index contributed by atoms with van der Waals surface area (Å²) in [7, 11) is 0. The first-order valence-corrected chi connectivity index (χ1v) is 7.44. The van der Waals surface area contributed by atoms with Crippen LogP contribution in [0.2, 0.25) is 10.0 Å². The number of fused-ring (bicyclic) bond motifs is 1. The Labute approximate surface area is 141 Å². The molecule has 0 radical (unpaired) electrons. The Balaban J connectivity index is 1.91. The Kier molecular flexibility index (Phi) is 4.37. The highest BCUT2D eigenvalue weighted by Crippen LogP contribution is 2.27. The molecule has 0 bridgehead atoms. The third-order valence-electron chi connectivity index (χ3n) is 3.18. The number of halogens is 2. The normalized spacial score (nSPS) is 10.7. The van der Waals surface area contributed by atoms with Crippen LogP contribution in [0.25, 0.3) is 11.0 Å². The lowest BCUT2D eigenvalue weighted by Gasteiger charge is -2.06. The van der Waals surface area contributed by atoms with Gasteiger partial charge in [-0.05, 0) is 23.8 Å². The first-order chi connectivity index (χ1) is 11.0. The summed E-state index contributed by atoms with van der Waals surface area (Å²) in [5, 5.41) is 1.03. The Morgan fingerprint density at radius 3 is 2.57 bits per heavy atom. The van der Waals surface area contributed by atoms with Gasteiger partial charge in [0.1, 0.15) is 12.2 Å². The highest BCUT2D eigenvalue weighted by Gasteiger charge is 2.17. The van der Waals surface area contributed by atoms with Gasteiger partial charge in [0.2, 0.25) is 0 Å². The average molecular weight is 349 g/mol. The molecule has 0 aliphatic heterocycles. The lowest BCUT2D eigenvalue weighted by atomic mass is 10.2. The van der Waals surface area contributed by atoms with Gasteiger partial charge in [-0.2, -0.15) is 0 Å². The third kappa shape index (κ3) is 3.38. The molecule has 0 unspecified atom stereocenters. The zero-order valence-electron chi connectivity index (χ0n) is 11.7. The van der Waals surface area contributed by atoms with Gasteiger partial charge < -0.3 is 9.15 Å². The molecule has 4 nitrogen and oxygen atoms in total. The fourth-order valence-electron chi connectivity index (χ4n) is 2.10. The number of hydrogen-bond donors (Lipinski definition) is 0. The van der Waals surface area contributed by atoms with E-state index in [-0.39, 0.29) is 22.8 Å². The predicted octanol–water partition coefficient (Wildman–Crippen LogP) is 4.46. The van der Waals surface area contributed by atoms with E-state index in [2.05, 4.69) is 0 Å². The Morgan fingerprint density at radius 2 is 1.83 bits per heavy atom. The van der Waals surface area contributed by atoms with E-state index in [0.29, 0.717) is 10.4 Å². The van der Waals surface area contributed by atoms with E-state index in [4.69, 9.17) is 32.4 Å². The molecule has 6 heteroatoms. The molecule has 3 aromatic rings. The van der Waals surface area contributed by atoms with Crippen LogP contribution in [-0.4, -0.2) is 5.97 Å². The molecule has 23 heavy (non-hydrogen) atoms. The number of rotatable bonds is 3. The van der Waals surface area contributed by atoms with E-state index < -0.39 is 11.6 Å². The molecular formula is C17H10Cl2O4. The second-order valence-electron chi connectivity index (χ2n) is 4.82. The van der Waals surface area contributed by atoms with Crippen LogP contribution >= 0.6 is 23.2 Å². The number of esters is 1. The molecule has 0 aliphatic carbocycles. The zero-order chi connectivity index (χ0) is 16.4. The second kappa shape index (κ2) is 6.44. The van der Waals surface area contributed by atoms with Crippen molar-refractivity contribution in [2.75, 3.05) is 0 Å². The Hall–Kier alpha value is -2.30. The number of benzene rings is 2. The number of hydrogen-bond acceptors (Lipinski definition) is 4. The van der Waals surface area contributed by atoms with E-state index in [1.54, 1.807) is 6.07 Å². The van der Waals surface area contributed by atoms with Crippen LogP contribution in [0.15, 0.2) is 57.7 Å². The highest BCUT2D eigenvalue weighted by molar-refractivity contribution is 6.38. The standard InChI is InChI=1S/C17H10Cl2O4/c18-12-6-11-7-13(17(21)23-15(11)14(19)8-12)16(20)22-9-10-4-2-1-3-5-10/h1-8H,9H2. The summed E-state index contributed by atoms with van der Waals surface area (Å²) in [5.41, 5.74) is -0.00987. The van der Waals surface area contributed by atoms with Crippen LogP contribution in [0.1, 0.15) is 15.9 Å². The average Bonchev–Trinajstić information content (AvgIpc) is 2.54. The maximum Gasteiger partial charge on any atom is 0.351 e. The van der Waals surface area contributed by atoms with Crippen molar-refractivity contribution in [2.24, 2.45) is 0 Å². The summed E-state index contributed by atoms with van der Waals surface area (Å²) in [6.45, 7) is 0.0629. The van der Waals surface area contributed by atoms with Gasteiger partial charge in [-0.15, -0.1) is 0 Å². The molecule has 0 saturated carbocycles. The topological polar surface area (TPSA) is 56.5 Å². The molecule has 116 valence electrons. The molecule has 0 atom stereocenters. The maximum atomic E-state index is 12.1. The van der Waals surface area contributed by atoms with Gasteiger partial charge in [0.15, 0.2) is 5.58 Å². The number of carbonyl (C=O) groups is 1. The largest absolute Gasteiger partial charge is 0.457 e. The highest BCUT2D eigenvalue weighted by atomic mass is 35.5. The SMILES string of the molecule is O=C(OCc1ccccc1)c1cc2cc(Cl)cc(Cl)c2oc1=O. The quantitative estimate of drug-likeness (QED) is 0.518. The van der Waals surface area contributed by atoms with Crippen molar-refractivity contribution >= 4 is 40.1 Å². The maximum absolute atomic E-state index is 12.1. The predicted molar refractivity (Wildman–Crippen MR) is 88.1 cm³/mol. The molecule has 0 saturated heterocycles. The van der Waals surface area contributed by atoms with Gasteiger partial charge in [0.25, 0.3) is 0 Å². The molecule has 0 N–H and O–H groups in total. The molecule has 0 fully saturated rings. The lowest BCUT2D eigenvalue weighted by Crippen LogP contribution is -2.16. The summed E-state index contributed by atoms with van der Waals surface area (Å²) in [6, 6.07) is 13.5. The van der Waals surface area contributed by atoms with Gasteiger partial charge in [-0.25, -0.2) is 9.59 Å². The Bertz CT molecular complexity index is 932. The van der Waals surface area contributed by atoms with Crippen LogP contribution in [0.3, 0.4) is 0 Å². The van der Waals surface area contributed by atoms with Crippen LogP contribution in [0.4, 0.5) is 0 Å². The smallest absolute Gasteiger partial charge is 0.351 e. The molecule has 1 heterocycles. The third-order valence-corrected chi connectivity index (χ3v) is 3.68. The van der Waals surface area contributed by atoms with Crippen molar-refractivity contribution in [2.45, 2.75) is 6.61 Å². The van der Waals surface area contributed by atoms with E-state index >= 15 is 0 Å².